The van der Waals surface area contributed by atoms with Gasteiger partial charge in [-0.25, -0.2) is 9.18 Å². The number of carbonyl (C=O) groups is 1. The Morgan fingerprint density at radius 3 is 2.67 bits per heavy atom. The zero-order valence-electron chi connectivity index (χ0n) is 13.0. The molecule has 122 valence electrons. The fourth-order valence-corrected chi connectivity index (χ4v) is 2.22. The van der Waals surface area contributed by atoms with Crippen molar-refractivity contribution >= 4 is 11.7 Å². The molecule has 0 aliphatic carbocycles. The second-order valence-electron chi connectivity index (χ2n) is 5.19. The molecule has 0 radical (unpaired) electrons. The highest BCUT2D eigenvalue weighted by Gasteiger charge is 2.09. The lowest BCUT2D eigenvalue weighted by Gasteiger charge is -2.09. The quantitative estimate of drug-likeness (QED) is 0.792. The maximum Gasteiger partial charge on any atom is 0.331 e. The van der Waals surface area contributed by atoms with Crippen LogP contribution in [0.1, 0.15) is 18.7 Å². The van der Waals surface area contributed by atoms with Gasteiger partial charge in [-0.3, -0.25) is 9.56 Å². The molecule has 5 nitrogen and oxygen atoms in total. The highest BCUT2D eigenvalue weighted by Crippen LogP contribution is 2.15. The first-order chi connectivity index (χ1) is 11.6. The number of halogens is 1. The SMILES string of the molecule is C[C@@H](N=c1ccccn1C(=O)Nc1ccc(F)cc1)c1ccco1. The molecule has 1 amide bonds. The van der Waals surface area contributed by atoms with Crippen LogP contribution in [-0.2, 0) is 0 Å². The largest absolute Gasteiger partial charge is 0.467 e. The van der Waals surface area contributed by atoms with Gasteiger partial charge >= 0.3 is 6.03 Å². The lowest BCUT2D eigenvalue weighted by atomic mass is 10.3. The van der Waals surface area contributed by atoms with Crippen molar-refractivity contribution in [1.82, 2.24) is 4.57 Å². The summed E-state index contributed by atoms with van der Waals surface area (Å²) < 4.78 is 19.7. The molecule has 0 saturated heterocycles. The molecule has 0 saturated carbocycles. The minimum Gasteiger partial charge on any atom is -0.467 e. The Balaban J connectivity index is 1.88. The molecule has 0 aliphatic rings. The number of rotatable bonds is 3. The summed E-state index contributed by atoms with van der Waals surface area (Å²) in [7, 11) is 0. The van der Waals surface area contributed by atoms with Gasteiger partial charge in [0.25, 0.3) is 0 Å². The van der Waals surface area contributed by atoms with Gasteiger partial charge in [-0.2, -0.15) is 0 Å². The summed E-state index contributed by atoms with van der Waals surface area (Å²) >= 11 is 0. The number of nitrogens with one attached hydrogen (secondary N) is 1. The van der Waals surface area contributed by atoms with Gasteiger partial charge in [-0.05, 0) is 55.5 Å². The van der Waals surface area contributed by atoms with E-state index in [-0.39, 0.29) is 17.9 Å². The minimum atomic E-state index is -0.382. The molecule has 1 atom stereocenters. The third-order valence-electron chi connectivity index (χ3n) is 3.43. The number of pyridine rings is 1. The van der Waals surface area contributed by atoms with Gasteiger partial charge in [0.1, 0.15) is 23.1 Å². The van der Waals surface area contributed by atoms with Gasteiger partial charge in [0.05, 0.1) is 6.26 Å². The van der Waals surface area contributed by atoms with E-state index in [0.29, 0.717) is 16.9 Å². The summed E-state index contributed by atoms with van der Waals surface area (Å²) in [6.07, 6.45) is 3.20. The standard InChI is InChI=1S/C18H16FN3O2/c1-13(16-5-4-12-24-16)20-17-6-2-3-11-22(17)18(23)21-15-9-7-14(19)8-10-15/h2-13H,1H3,(H,21,23)/t13-/m1/s1. The number of hydrogen-bond donors (Lipinski definition) is 1. The van der Waals surface area contributed by atoms with Crippen LogP contribution in [0.25, 0.3) is 0 Å². The van der Waals surface area contributed by atoms with Crippen LogP contribution < -0.4 is 10.8 Å². The van der Waals surface area contributed by atoms with Crippen molar-refractivity contribution in [3.05, 3.63) is 84.1 Å². The monoisotopic (exact) mass is 325 g/mol. The van der Waals surface area contributed by atoms with Gasteiger partial charge in [0.15, 0.2) is 0 Å². The van der Waals surface area contributed by atoms with E-state index in [2.05, 4.69) is 10.3 Å². The van der Waals surface area contributed by atoms with Gasteiger partial charge in [0.2, 0.25) is 0 Å². The fourth-order valence-electron chi connectivity index (χ4n) is 2.22. The summed E-state index contributed by atoms with van der Waals surface area (Å²) in [5, 5.41) is 2.71. The normalized spacial score (nSPS) is 12.8. The summed E-state index contributed by atoms with van der Waals surface area (Å²) in [5.41, 5.74) is 0.990. The zero-order valence-corrected chi connectivity index (χ0v) is 13.0. The molecule has 0 unspecified atom stereocenters. The number of furan rings is 1. The van der Waals surface area contributed by atoms with E-state index in [4.69, 9.17) is 4.42 Å². The molecule has 6 heteroatoms. The van der Waals surface area contributed by atoms with Crippen molar-refractivity contribution < 1.29 is 13.6 Å². The van der Waals surface area contributed by atoms with Gasteiger partial charge in [-0.1, -0.05) is 6.07 Å². The highest BCUT2D eigenvalue weighted by atomic mass is 19.1. The Bertz CT molecular complexity index is 883. The third kappa shape index (κ3) is 3.60. The Morgan fingerprint density at radius 1 is 1.17 bits per heavy atom. The number of anilines is 1. The Labute approximate surface area is 138 Å². The number of amides is 1. The van der Waals surface area contributed by atoms with E-state index < -0.39 is 0 Å². The first-order valence-electron chi connectivity index (χ1n) is 7.45. The average Bonchev–Trinajstić information content (AvgIpc) is 3.12. The number of benzene rings is 1. The van der Waals surface area contributed by atoms with Gasteiger partial charge in [0, 0.05) is 11.9 Å². The van der Waals surface area contributed by atoms with Gasteiger partial charge < -0.3 is 9.73 Å². The fraction of sp³-hybridized carbons (Fsp3) is 0.111. The van der Waals surface area contributed by atoms with Crippen LogP contribution in [-0.4, -0.2) is 10.6 Å². The van der Waals surface area contributed by atoms with Crippen molar-refractivity contribution in [2.75, 3.05) is 5.32 Å². The molecule has 1 aromatic carbocycles. The summed E-state index contributed by atoms with van der Waals surface area (Å²) in [4.78, 5) is 17.0. The van der Waals surface area contributed by atoms with Crippen molar-refractivity contribution in [3.8, 4) is 0 Å². The summed E-state index contributed by atoms with van der Waals surface area (Å²) in [6, 6.07) is 13.9. The van der Waals surface area contributed by atoms with Gasteiger partial charge in [-0.15, -0.1) is 0 Å². The van der Waals surface area contributed by atoms with Crippen LogP contribution in [0.5, 0.6) is 0 Å². The van der Waals surface area contributed by atoms with E-state index in [0.717, 1.165) is 0 Å². The molecule has 2 aromatic heterocycles. The Kier molecular flexibility index (Phi) is 4.56. The topological polar surface area (TPSA) is 59.5 Å². The molecule has 0 fully saturated rings. The molecular formula is C18H16FN3O2. The number of aromatic nitrogens is 1. The molecular weight excluding hydrogens is 309 g/mol. The Hall–Kier alpha value is -3.15. The molecule has 2 heterocycles. The molecule has 0 bridgehead atoms. The predicted octanol–water partition coefficient (Wildman–Crippen LogP) is 3.96. The number of carbonyl (C=O) groups excluding carboxylic acids is 1. The Morgan fingerprint density at radius 2 is 1.96 bits per heavy atom. The first-order valence-corrected chi connectivity index (χ1v) is 7.45. The van der Waals surface area contributed by atoms with Crippen LogP contribution in [0.15, 0.2) is 76.5 Å². The van der Waals surface area contributed by atoms with E-state index >= 15 is 0 Å². The average molecular weight is 325 g/mol. The van der Waals surface area contributed by atoms with E-state index in [1.54, 1.807) is 36.7 Å². The molecule has 0 spiro atoms. The zero-order chi connectivity index (χ0) is 16.9. The van der Waals surface area contributed by atoms with Crippen LogP contribution in [0.3, 0.4) is 0 Å². The van der Waals surface area contributed by atoms with Crippen molar-refractivity contribution in [2.24, 2.45) is 4.99 Å². The van der Waals surface area contributed by atoms with Crippen molar-refractivity contribution in [1.29, 1.82) is 0 Å². The summed E-state index contributed by atoms with van der Waals surface area (Å²) in [6.45, 7) is 1.88. The van der Waals surface area contributed by atoms with Crippen molar-refractivity contribution in [3.63, 3.8) is 0 Å². The second-order valence-corrected chi connectivity index (χ2v) is 5.19. The number of hydrogen-bond acceptors (Lipinski definition) is 3. The number of nitrogens with zero attached hydrogens (tertiary/aromatic N) is 2. The molecule has 0 aliphatic heterocycles. The third-order valence-corrected chi connectivity index (χ3v) is 3.43. The second kappa shape index (κ2) is 6.95. The molecule has 1 N–H and O–H groups in total. The van der Waals surface area contributed by atoms with Crippen LogP contribution >= 0.6 is 0 Å². The predicted molar refractivity (Wildman–Crippen MR) is 87.9 cm³/mol. The maximum absolute atomic E-state index is 12.9. The lowest BCUT2D eigenvalue weighted by molar-refractivity contribution is 0.252. The molecule has 3 rings (SSSR count). The van der Waals surface area contributed by atoms with E-state index in [1.165, 1.54) is 28.8 Å². The van der Waals surface area contributed by atoms with Crippen LogP contribution in [0.4, 0.5) is 14.9 Å². The smallest absolute Gasteiger partial charge is 0.331 e. The lowest BCUT2D eigenvalue weighted by Crippen LogP contribution is -2.31. The van der Waals surface area contributed by atoms with E-state index in [9.17, 15) is 9.18 Å². The highest BCUT2D eigenvalue weighted by molar-refractivity contribution is 5.90. The summed E-state index contributed by atoms with van der Waals surface area (Å²) in [5.74, 6) is 0.354. The molecule has 24 heavy (non-hydrogen) atoms. The molecule has 3 aromatic rings. The maximum atomic E-state index is 12.9. The van der Waals surface area contributed by atoms with Crippen LogP contribution in [0, 0.1) is 5.82 Å². The van der Waals surface area contributed by atoms with E-state index in [1.807, 2.05) is 13.0 Å². The first kappa shape index (κ1) is 15.7. The van der Waals surface area contributed by atoms with Crippen molar-refractivity contribution in [2.45, 2.75) is 13.0 Å². The van der Waals surface area contributed by atoms with Crippen LogP contribution in [0.2, 0.25) is 0 Å². The minimum absolute atomic E-state index is 0.229.